The summed E-state index contributed by atoms with van der Waals surface area (Å²) in [5.74, 6) is 0. The van der Waals surface area contributed by atoms with Gasteiger partial charge >= 0.3 is 0 Å². The summed E-state index contributed by atoms with van der Waals surface area (Å²) in [6.07, 6.45) is -55.6. The first kappa shape index (κ1) is 59.6. The van der Waals surface area contributed by atoms with Crippen LogP contribution in [0, 0.1) is 20.8 Å². The van der Waals surface area contributed by atoms with Crippen LogP contribution >= 0.6 is 0 Å². The van der Waals surface area contributed by atoms with Gasteiger partial charge < -0.3 is 138 Å². The van der Waals surface area contributed by atoms with Crippen LogP contribution in [-0.2, 0) is 75.9 Å². The zero-order chi connectivity index (χ0) is 55.7. The van der Waals surface area contributed by atoms with Crippen molar-refractivity contribution in [2.24, 2.45) is 0 Å². The number of hydrogen-bond donors (Lipinski definition) is 15. The smallest absolute Gasteiger partial charge is 0.298 e. The third-order valence-electron chi connectivity index (χ3n) is 14.9. The lowest BCUT2D eigenvalue weighted by Crippen LogP contribution is -2.68. The fourth-order valence-electron chi connectivity index (χ4n) is 11.0. The molecular formula is C45H68O31S. The van der Waals surface area contributed by atoms with Crippen LogP contribution in [0.2, 0.25) is 0 Å². The largest absolute Gasteiger partial charge is 0.394 e. The van der Waals surface area contributed by atoms with Gasteiger partial charge in [-0.1, -0.05) is 17.7 Å². The second kappa shape index (κ2) is 24.1. The van der Waals surface area contributed by atoms with Gasteiger partial charge in [-0.3, -0.25) is 4.18 Å². The van der Waals surface area contributed by atoms with Gasteiger partial charge in [0.05, 0.1) is 44.5 Å². The minimum absolute atomic E-state index is 0.209. The average Bonchev–Trinajstić information content (AvgIpc) is 4.24. The molecule has 17 heterocycles. The van der Waals surface area contributed by atoms with Crippen molar-refractivity contribution in [3.05, 3.63) is 28.8 Å². The van der Waals surface area contributed by atoms with E-state index >= 15 is 0 Å². The molecule has 31 nitrogen and oxygen atoms in total. The monoisotopic (exact) mass is 1140 g/mol. The number of aliphatic hydroxyl groups is 15. The minimum atomic E-state index is -4.98. The van der Waals surface area contributed by atoms with E-state index in [-0.39, 0.29) is 16.0 Å². The zero-order valence-corrected chi connectivity index (χ0v) is 42.2. The number of rotatable bonds is 9. The zero-order valence-electron chi connectivity index (χ0n) is 41.4. The highest BCUT2D eigenvalue weighted by Gasteiger charge is 2.63. The summed E-state index contributed by atoms with van der Waals surface area (Å²) in [5.41, 5.74) is 1.10. The van der Waals surface area contributed by atoms with Gasteiger partial charge in [0, 0.05) is 0 Å². The Labute approximate surface area is 438 Å². The summed E-state index contributed by atoms with van der Waals surface area (Å²) < 4.78 is 111. The van der Waals surface area contributed by atoms with Gasteiger partial charge in [-0.05, 0) is 31.9 Å². The Kier molecular flexibility index (Phi) is 18.6. The molecule has 440 valence electrons. The lowest BCUT2D eigenvalue weighted by atomic mass is 9.95. The summed E-state index contributed by atoms with van der Waals surface area (Å²) in [6.45, 7) is -1.20. The second-order valence-corrected chi connectivity index (χ2v) is 21.7. The predicted molar refractivity (Wildman–Crippen MR) is 239 cm³/mol. The Bertz CT molecular complexity index is 2220. The molecule has 15 N–H and O–H groups in total. The molecule has 32 heteroatoms. The molecule has 1 aromatic rings. The van der Waals surface area contributed by atoms with Crippen molar-refractivity contribution in [3.63, 3.8) is 0 Å². The summed E-state index contributed by atoms with van der Waals surface area (Å²) >= 11 is 0. The van der Waals surface area contributed by atoms with Crippen molar-refractivity contribution in [1.29, 1.82) is 0 Å². The Balaban J connectivity index is 1.06. The van der Waals surface area contributed by atoms with E-state index in [1.165, 1.54) is 26.0 Å². The van der Waals surface area contributed by atoms with Crippen molar-refractivity contribution in [3.8, 4) is 0 Å². The normalized spacial score (nSPS) is 49.7. The molecule has 0 aromatic heterocycles. The maximum Gasteiger partial charge on any atom is 0.298 e. The molecule has 0 spiro atoms. The Morgan fingerprint density at radius 1 is 0.351 bits per heavy atom. The van der Waals surface area contributed by atoms with Crippen LogP contribution in [0.3, 0.4) is 0 Å². The van der Waals surface area contributed by atoms with Crippen molar-refractivity contribution in [1.82, 2.24) is 0 Å². The van der Waals surface area contributed by atoms with Gasteiger partial charge in [0.25, 0.3) is 10.1 Å². The quantitative estimate of drug-likeness (QED) is 0.0806. The molecule has 1 aromatic carbocycles. The van der Waals surface area contributed by atoms with E-state index in [4.69, 9.17) is 65.8 Å². The highest BCUT2D eigenvalue weighted by atomic mass is 32.2. The van der Waals surface area contributed by atoms with Crippen LogP contribution in [-0.4, -0.2) is 309 Å². The lowest BCUT2D eigenvalue weighted by molar-refractivity contribution is -0.396. The van der Waals surface area contributed by atoms with Crippen molar-refractivity contribution >= 4 is 10.1 Å². The molecule has 0 aliphatic carbocycles. The van der Waals surface area contributed by atoms with Gasteiger partial charge in [-0.25, -0.2) is 0 Å². The number of hydrogen-bond acceptors (Lipinski definition) is 31. The number of benzene rings is 1. The molecule has 0 amide bonds. The van der Waals surface area contributed by atoms with Crippen molar-refractivity contribution in [2.75, 3.05) is 39.6 Å². The van der Waals surface area contributed by atoms with Gasteiger partial charge in [-0.15, -0.1) is 0 Å². The highest BCUT2D eigenvalue weighted by Crippen LogP contribution is 2.44. The van der Waals surface area contributed by atoms with Gasteiger partial charge in [0.15, 0.2) is 43.8 Å². The van der Waals surface area contributed by atoms with Gasteiger partial charge in [0.1, 0.15) is 140 Å². The molecule has 17 saturated heterocycles. The standard InChI is InChI=1S/C45H68O31S/c1-12-4-13(2)39(14(3)5-12)77(61,62)76-36-29(60)34-19(10-50)67-44(36)73-32-17(8-48)66-43(28(59)24(32)55)75-35-20(11-51)68-45(38-37(35)69-38)74-33-18(9-49)65-41(27(58)23(33)54)71-30-15(6-46)63-40(25(56)21(30)52)70-31-16(7-47)64-42(72-34)26(57)22(31)53/h4-5,15-38,40-60H,6-11H2,1-3H3/t15-,16-,17-,18-,19-,20-,21-,22-,23-,24-,25-,26-,27-,28-,29+,30-,31-,32-,33-,34-,35-,36-,37+,38-,40-,41-,42-,43-,44-,45-/m1/s1. The fourth-order valence-corrected chi connectivity index (χ4v) is 12.5. The molecule has 17 aliphatic rings. The van der Waals surface area contributed by atoms with Crippen molar-refractivity contribution < 1.29 is 151 Å². The molecule has 0 unspecified atom stereocenters. The Morgan fingerprint density at radius 3 is 1.00 bits per heavy atom. The molecule has 18 rings (SSSR count). The fraction of sp³-hybridized carbons (Fsp3) is 0.867. The molecule has 0 radical (unpaired) electrons. The number of ether oxygens (including phenoxy) is 13. The number of epoxide rings is 1. The Morgan fingerprint density at radius 2 is 0.636 bits per heavy atom. The first-order valence-electron chi connectivity index (χ1n) is 24.9. The first-order chi connectivity index (χ1) is 36.6. The number of aliphatic hydroxyl groups excluding tert-OH is 15. The molecule has 0 saturated carbocycles. The summed E-state index contributed by atoms with van der Waals surface area (Å²) in [7, 11) is -4.98. The predicted octanol–water partition coefficient (Wildman–Crippen LogP) is -9.67. The summed E-state index contributed by atoms with van der Waals surface area (Å²) in [6, 6.07) is 3.07. The van der Waals surface area contributed by atoms with Gasteiger partial charge in [-0.2, -0.15) is 8.42 Å². The first-order valence-corrected chi connectivity index (χ1v) is 26.3. The summed E-state index contributed by atoms with van der Waals surface area (Å²) in [4.78, 5) is -0.345. The van der Waals surface area contributed by atoms with E-state index in [0.29, 0.717) is 5.56 Å². The lowest BCUT2D eigenvalue weighted by Gasteiger charge is -2.50. The van der Waals surface area contributed by atoms with Crippen molar-refractivity contribution in [2.45, 2.75) is 210 Å². The van der Waals surface area contributed by atoms with Crippen LogP contribution in [0.25, 0.3) is 0 Å². The SMILES string of the molecule is Cc1cc(C)c(S(=O)(=O)O[C@H]2[C@H]3O[C@H]4[C@H](O)[C@@H](O)[C@@H](O[C@H]5[C@@H]6O[C@H]6[C@@H](O[C@H]6[C@H](O)[C@@H](O)[C@@H](O[C@H]7[C@H](O)[C@@H](O)[C@@H](O[C@H]8[C@H](O)[C@@H](O)[C@@H](O[C@@H]([C@@H]2O)[C@@H](CO)O3)O[C@@H]8CO)O[C@@H]7CO)O[C@@H]6CO)O[C@@H]5CO)O[C@@H]4CO)c(C)c1. The van der Waals surface area contributed by atoms with Crippen LogP contribution in [0.1, 0.15) is 16.7 Å². The van der Waals surface area contributed by atoms with E-state index in [9.17, 15) is 85.0 Å². The van der Waals surface area contributed by atoms with Gasteiger partial charge in [0.2, 0.25) is 0 Å². The van der Waals surface area contributed by atoms with E-state index in [2.05, 4.69) is 0 Å². The van der Waals surface area contributed by atoms with Crippen LogP contribution in [0.5, 0.6) is 0 Å². The maximum atomic E-state index is 14.3. The third-order valence-corrected chi connectivity index (χ3v) is 16.5. The van der Waals surface area contributed by atoms with E-state index in [1.807, 2.05) is 0 Å². The highest BCUT2D eigenvalue weighted by molar-refractivity contribution is 7.86. The second-order valence-electron chi connectivity index (χ2n) is 20.2. The van der Waals surface area contributed by atoms with Crippen LogP contribution < -0.4 is 0 Å². The molecule has 17 aliphatic heterocycles. The topological polar surface area (TPSA) is 470 Å². The van der Waals surface area contributed by atoms with E-state index < -0.39 is 234 Å². The van der Waals surface area contributed by atoms with E-state index in [0.717, 1.165) is 0 Å². The average molecular weight is 1140 g/mol. The minimum Gasteiger partial charge on any atom is -0.394 e. The van der Waals surface area contributed by atoms with Crippen LogP contribution in [0.15, 0.2) is 17.0 Å². The molecular weight excluding hydrogens is 1070 g/mol. The molecule has 12 bridgehead atoms. The Hall–Kier alpha value is -1.99. The van der Waals surface area contributed by atoms with E-state index in [1.54, 1.807) is 6.92 Å². The molecule has 77 heavy (non-hydrogen) atoms. The third kappa shape index (κ3) is 11.5. The molecule has 30 atom stereocenters. The maximum absolute atomic E-state index is 14.3. The summed E-state index contributed by atoms with van der Waals surface area (Å²) in [5, 5.41) is 167. The molecule has 17 fully saturated rings. The van der Waals surface area contributed by atoms with Crippen LogP contribution in [0.4, 0.5) is 0 Å². The number of aryl methyl sites for hydroxylation is 3.